The van der Waals surface area contributed by atoms with Crippen LogP contribution in [0.2, 0.25) is 0 Å². The fourth-order valence-corrected chi connectivity index (χ4v) is 2.05. The van der Waals surface area contributed by atoms with Gasteiger partial charge in [-0.3, -0.25) is 0 Å². The first-order chi connectivity index (χ1) is 4.90. The molecule has 0 aromatic heterocycles. The van der Waals surface area contributed by atoms with Gasteiger partial charge in [0, 0.05) is 6.54 Å². The Morgan fingerprint density at radius 3 is 2.30 bits per heavy atom. The summed E-state index contributed by atoms with van der Waals surface area (Å²) in [7, 11) is 0. The number of hydrogen-bond donors (Lipinski definition) is 0. The van der Waals surface area contributed by atoms with Gasteiger partial charge in [0.1, 0.15) is 6.04 Å². The smallest absolute Gasteiger partial charge is 0.107 e. The molecular formula is C7H12N2O. The molecule has 0 amide bonds. The molecule has 2 bridgehead atoms. The Morgan fingerprint density at radius 2 is 2.00 bits per heavy atom. The minimum absolute atomic E-state index is 0.113. The zero-order valence-corrected chi connectivity index (χ0v) is 5.99. The van der Waals surface area contributed by atoms with Gasteiger partial charge < -0.3 is 4.90 Å². The van der Waals surface area contributed by atoms with E-state index in [2.05, 4.69) is 10.1 Å². The van der Waals surface area contributed by atoms with Gasteiger partial charge in [0.2, 0.25) is 0 Å². The van der Waals surface area contributed by atoms with E-state index >= 15 is 0 Å². The van der Waals surface area contributed by atoms with Gasteiger partial charge in [0.25, 0.3) is 0 Å². The maximum atomic E-state index is 10.3. The van der Waals surface area contributed by atoms with Crippen molar-refractivity contribution in [3.8, 4) is 0 Å². The molecule has 1 atom stereocenters. The minimum Gasteiger partial charge on any atom is -0.301 e. The van der Waals surface area contributed by atoms with Gasteiger partial charge in [-0.2, -0.15) is 4.91 Å². The number of rotatable bonds is 1. The van der Waals surface area contributed by atoms with E-state index in [0.717, 1.165) is 6.54 Å². The van der Waals surface area contributed by atoms with Crippen LogP contribution >= 0.6 is 0 Å². The van der Waals surface area contributed by atoms with Crippen molar-refractivity contribution in [3.05, 3.63) is 4.91 Å². The van der Waals surface area contributed by atoms with Crippen molar-refractivity contribution in [1.82, 2.24) is 4.90 Å². The Balaban J connectivity index is 2.07. The third-order valence-corrected chi connectivity index (χ3v) is 2.76. The summed E-state index contributed by atoms with van der Waals surface area (Å²) in [5, 5.41) is 3.14. The molecule has 3 aliphatic rings. The third-order valence-electron chi connectivity index (χ3n) is 2.76. The van der Waals surface area contributed by atoms with Gasteiger partial charge in [-0.15, -0.1) is 0 Å². The molecular weight excluding hydrogens is 128 g/mol. The third kappa shape index (κ3) is 0.850. The summed E-state index contributed by atoms with van der Waals surface area (Å²) in [6.07, 6.45) is 2.38. The molecule has 3 rings (SSSR count). The van der Waals surface area contributed by atoms with E-state index in [-0.39, 0.29) is 6.04 Å². The molecule has 56 valence electrons. The summed E-state index contributed by atoms with van der Waals surface area (Å²) >= 11 is 0. The van der Waals surface area contributed by atoms with Gasteiger partial charge in [-0.05, 0) is 31.8 Å². The Kier molecular flexibility index (Phi) is 1.45. The van der Waals surface area contributed by atoms with Gasteiger partial charge in [-0.1, -0.05) is 5.18 Å². The van der Waals surface area contributed by atoms with Gasteiger partial charge in [0.15, 0.2) is 0 Å². The Morgan fingerprint density at radius 1 is 1.30 bits per heavy atom. The fraction of sp³-hybridized carbons (Fsp3) is 1.00. The van der Waals surface area contributed by atoms with E-state index in [9.17, 15) is 4.91 Å². The first-order valence-electron chi connectivity index (χ1n) is 3.95. The maximum absolute atomic E-state index is 10.3. The lowest BCUT2D eigenvalue weighted by atomic mass is 9.85. The molecule has 10 heavy (non-hydrogen) atoms. The van der Waals surface area contributed by atoms with Crippen molar-refractivity contribution in [2.45, 2.75) is 18.9 Å². The highest BCUT2D eigenvalue weighted by Gasteiger charge is 2.34. The highest BCUT2D eigenvalue weighted by Crippen LogP contribution is 2.28. The first-order valence-corrected chi connectivity index (χ1v) is 3.95. The maximum Gasteiger partial charge on any atom is 0.107 e. The SMILES string of the molecule is O=N[C@@H]1CN2CCC1CC2. The van der Waals surface area contributed by atoms with Crippen molar-refractivity contribution in [3.63, 3.8) is 0 Å². The fourth-order valence-electron chi connectivity index (χ4n) is 2.05. The molecule has 0 aliphatic carbocycles. The van der Waals surface area contributed by atoms with Crippen LogP contribution in [0.25, 0.3) is 0 Å². The van der Waals surface area contributed by atoms with Gasteiger partial charge in [0.05, 0.1) is 0 Å². The predicted octanol–water partition coefficient (Wildman–Crippen LogP) is 0.847. The second-order valence-corrected chi connectivity index (χ2v) is 3.31. The second-order valence-electron chi connectivity index (χ2n) is 3.31. The summed E-state index contributed by atoms with van der Waals surface area (Å²) in [4.78, 5) is 12.6. The van der Waals surface area contributed by atoms with Crippen LogP contribution in [0, 0.1) is 10.8 Å². The summed E-state index contributed by atoms with van der Waals surface area (Å²) in [6, 6.07) is 0.113. The number of fused-ring (bicyclic) bond motifs is 3. The zero-order chi connectivity index (χ0) is 6.97. The van der Waals surface area contributed by atoms with Crippen LogP contribution in [-0.4, -0.2) is 30.6 Å². The number of piperidine rings is 3. The number of hydrogen-bond acceptors (Lipinski definition) is 3. The summed E-state index contributed by atoms with van der Waals surface area (Å²) in [6.45, 7) is 3.31. The highest BCUT2D eigenvalue weighted by molar-refractivity contribution is 4.90. The first kappa shape index (κ1) is 6.28. The number of nitroso groups, excluding NO2 is 1. The molecule has 3 heteroatoms. The van der Waals surface area contributed by atoms with E-state index in [0.29, 0.717) is 5.92 Å². The quantitative estimate of drug-likeness (QED) is 0.506. The van der Waals surface area contributed by atoms with Gasteiger partial charge >= 0.3 is 0 Å². The molecule has 0 spiro atoms. The summed E-state index contributed by atoms with van der Waals surface area (Å²) in [5.41, 5.74) is 0. The standard InChI is InChI=1S/C7H12N2O/c10-8-7-5-9-3-1-6(7)2-4-9/h6-7H,1-5H2/t7-/m1/s1. The predicted molar refractivity (Wildman–Crippen MR) is 38.7 cm³/mol. The lowest BCUT2D eigenvalue weighted by molar-refractivity contribution is 0.0899. The Labute approximate surface area is 60.4 Å². The molecule has 0 N–H and O–H groups in total. The van der Waals surface area contributed by atoms with Crippen LogP contribution in [0.1, 0.15) is 12.8 Å². The average molecular weight is 140 g/mol. The molecule has 3 saturated heterocycles. The van der Waals surface area contributed by atoms with Crippen molar-refractivity contribution >= 4 is 0 Å². The normalized spacial score (nSPS) is 45.4. The number of nitrogens with zero attached hydrogens (tertiary/aromatic N) is 2. The lowest BCUT2D eigenvalue weighted by Gasteiger charge is -2.41. The molecule has 0 aromatic carbocycles. The molecule has 0 saturated carbocycles. The topological polar surface area (TPSA) is 32.7 Å². The monoisotopic (exact) mass is 140 g/mol. The van der Waals surface area contributed by atoms with Crippen molar-refractivity contribution < 1.29 is 0 Å². The summed E-state index contributed by atoms with van der Waals surface area (Å²) in [5.74, 6) is 0.613. The van der Waals surface area contributed by atoms with E-state index in [1.54, 1.807) is 0 Å². The zero-order valence-electron chi connectivity index (χ0n) is 5.99. The lowest BCUT2D eigenvalue weighted by Crippen LogP contribution is -2.49. The van der Waals surface area contributed by atoms with Crippen LogP contribution in [0.5, 0.6) is 0 Å². The average Bonchev–Trinajstić information content (AvgIpc) is 2.06. The summed E-state index contributed by atoms with van der Waals surface area (Å²) < 4.78 is 0. The largest absolute Gasteiger partial charge is 0.301 e. The van der Waals surface area contributed by atoms with Crippen LogP contribution < -0.4 is 0 Å². The molecule has 3 aliphatic heterocycles. The van der Waals surface area contributed by atoms with Crippen LogP contribution in [0.3, 0.4) is 0 Å². The molecule has 3 fully saturated rings. The van der Waals surface area contributed by atoms with Crippen molar-refractivity contribution in [2.75, 3.05) is 19.6 Å². The van der Waals surface area contributed by atoms with Crippen molar-refractivity contribution in [1.29, 1.82) is 0 Å². The molecule has 0 aromatic rings. The van der Waals surface area contributed by atoms with Crippen LogP contribution in [0.15, 0.2) is 5.18 Å². The van der Waals surface area contributed by atoms with Crippen LogP contribution in [-0.2, 0) is 0 Å². The Bertz CT molecular complexity index is 141. The molecule has 0 radical (unpaired) electrons. The van der Waals surface area contributed by atoms with E-state index in [1.165, 1.54) is 25.9 Å². The van der Waals surface area contributed by atoms with Crippen molar-refractivity contribution in [2.24, 2.45) is 11.1 Å². The van der Waals surface area contributed by atoms with Crippen LogP contribution in [0.4, 0.5) is 0 Å². The van der Waals surface area contributed by atoms with E-state index in [4.69, 9.17) is 0 Å². The highest BCUT2D eigenvalue weighted by atomic mass is 16.3. The Hall–Kier alpha value is -0.440. The van der Waals surface area contributed by atoms with Gasteiger partial charge in [-0.25, -0.2) is 0 Å². The van der Waals surface area contributed by atoms with E-state index in [1.807, 2.05) is 0 Å². The minimum atomic E-state index is 0.113. The molecule has 3 nitrogen and oxygen atoms in total. The second kappa shape index (κ2) is 2.31. The molecule has 0 unspecified atom stereocenters. The van der Waals surface area contributed by atoms with E-state index < -0.39 is 0 Å². The molecule has 3 heterocycles.